The quantitative estimate of drug-likeness (QED) is 0.867. The van der Waals surface area contributed by atoms with Crippen LogP contribution in [0.15, 0.2) is 18.2 Å². The Labute approximate surface area is 125 Å². The molecule has 1 aliphatic heterocycles. The predicted octanol–water partition coefficient (Wildman–Crippen LogP) is 3.88. The Hall–Kier alpha value is -1.13. The summed E-state index contributed by atoms with van der Waals surface area (Å²) >= 11 is 5.50. The van der Waals surface area contributed by atoms with Crippen molar-refractivity contribution < 1.29 is 0 Å². The second-order valence-corrected chi connectivity index (χ2v) is 6.39. The van der Waals surface area contributed by atoms with Crippen LogP contribution in [0.1, 0.15) is 31.7 Å². The molecule has 0 amide bonds. The van der Waals surface area contributed by atoms with Crippen LogP contribution in [-0.2, 0) is 6.54 Å². The maximum atomic E-state index is 5.50. The highest BCUT2D eigenvalue weighted by Gasteiger charge is 2.18. The number of H-pyrrole nitrogens is 1. The van der Waals surface area contributed by atoms with Crippen LogP contribution in [0, 0.1) is 11.7 Å². The van der Waals surface area contributed by atoms with Gasteiger partial charge in [-0.1, -0.05) is 12.5 Å². The molecule has 3 nitrogen and oxygen atoms in total. The highest BCUT2D eigenvalue weighted by molar-refractivity contribution is 7.71. The van der Waals surface area contributed by atoms with Crippen molar-refractivity contribution in [3.63, 3.8) is 0 Å². The van der Waals surface area contributed by atoms with Crippen LogP contribution in [0.2, 0.25) is 0 Å². The highest BCUT2D eigenvalue weighted by atomic mass is 32.1. The molecule has 20 heavy (non-hydrogen) atoms. The average Bonchev–Trinajstić information content (AvgIpc) is 2.75. The Morgan fingerprint density at radius 3 is 2.75 bits per heavy atom. The number of imidazole rings is 1. The van der Waals surface area contributed by atoms with Gasteiger partial charge in [0.1, 0.15) is 0 Å². The maximum Gasteiger partial charge on any atom is 0.178 e. The zero-order chi connectivity index (χ0) is 14.1. The van der Waals surface area contributed by atoms with Gasteiger partial charge in [-0.05, 0) is 69.7 Å². The van der Waals surface area contributed by atoms with Gasteiger partial charge in [-0.15, -0.1) is 0 Å². The molecule has 3 rings (SSSR count). The van der Waals surface area contributed by atoms with Crippen molar-refractivity contribution in [3.8, 4) is 0 Å². The summed E-state index contributed by atoms with van der Waals surface area (Å²) in [5.74, 6) is 0. The summed E-state index contributed by atoms with van der Waals surface area (Å²) in [4.78, 5) is 5.93. The third kappa shape index (κ3) is 2.67. The molecule has 4 heteroatoms. The molecule has 1 aromatic heterocycles. The van der Waals surface area contributed by atoms with E-state index in [1.807, 2.05) is 0 Å². The summed E-state index contributed by atoms with van der Waals surface area (Å²) in [6, 6.07) is 7.06. The van der Waals surface area contributed by atoms with Gasteiger partial charge in [0.15, 0.2) is 4.77 Å². The van der Waals surface area contributed by atoms with Gasteiger partial charge in [0.2, 0.25) is 0 Å². The Bertz CT molecular complexity index is 649. The Morgan fingerprint density at radius 1 is 1.25 bits per heavy atom. The fourth-order valence-electron chi connectivity index (χ4n) is 3.20. The number of benzene rings is 1. The first kappa shape index (κ1) is 13.8. The van der Waals surface area contributed by atoms with E-state index in [4.69, 9.17) is 12.2 Å². The van der Waals surface area contributed by atoms with E-state index < -0.39 is 0 Å². The number of aryl methyl sites for hydroxylation is 1. The fraction of sp³-hybridized carbons (Fsp3) is 0.562. The zero-order valence-corrected chi connectivity index (χ0v) is 13.2. The standard InChI is InChI=1S/C16H23N3S/c1-12-6-7-15-14(10-12)17-16(20)19(15)11-13(2)18-8-4-3-5-9-18/h6-7,10,13H,3-5,8-9,11H2,1-2H3,(H,17,20). The first-order valence-corrected chi connectivity index (χ1v) is 7.99. The molecule has 108 valence electrons. The first-order chi connectivity index (χ1) is 9.65. The number of likely N-dealkylation sites (tertiary alicyclic amines) is 1. The molecule has 0 radical (unpaired) electrons. The van der Waals surface area contributed by atoms with Crippen LogP contribution in [0.25, 0.3) is 11.0 Å². The normalized spacial score (nSPS) is 18.5. The van der Waals surface area contributed by atoms with Crippen LogP contribution >= 0.6 is 12.2 Å². The molecule has 1 N–H and O–H groups in total. The third-order valence-electron chi connectivity index (χ3n) is 4.39. The minimum atomic E-state index is 0.544. The molecule has 1 atom stereocenters. The van der Waals surface area contributed by atoms with E-state index in [-0.39, 0.29) is 0 Å². The van der Waals surface area contributed by atoms with E-state index >= 15 is 0 Å². The van der Waals surface area contributed by atoms with Crippen molar-refractivity contribution >= 4 is 23.3 Å². The second kappa shape index (κ2) is 5.70. The van der Waals surface area contributed by atoms with E-state index in [9.17, 15) is 0 Å². The second-order valence-electron chi connectivity index (χ2n) is 6.01. The molecule has 1 unspecified atom stereocenters. The summed E-state index contributed by atoms with van der Waals surface area (Å²) in [5.41, 5.74) is 3.65. The molecule has 1 fully saturated rings. The van der Waals surface area contributed by atoms with Gasteiger partial charge in [-0.25, -0.2) is 0 Å². The molecular weight excluding hydrogens is 266 g/mol. The maximum absolute atomic E-state index is 5.50. The molecule has 1 aliphatic rings. The predicted molar refractivity (Wildman–Crippen MR) is 86.7 cm³/mol. The van der Waals surface area contributed by atoms with Gasteiger partial charge in [-0.3, -0.25) is 4.90 Å². The van der Waals surface area contributed by atoms with E-state index in [0.29, 0.717) is 6.04 Å². The first-order valence-electron chi connectivity index (χ1n) is 7.58. The number of aromatic nitrogens is 2. The van der Waals surface area contributed by atoms with Gasteiger partial charge in [0.05, 0.1) is 11.0 Å². The smallest absolute Gasteiger partial charge is 0.178 e. The lowest BCUT2D eigenvalue weighted by molar-refractivity contribution is 0.160. The largest absolute Gasteiger partial charge is 0.331 e. The van der Waals surface area contributed by atoms with Crippen molar-refractivity contribution in [1.29, 1.82) is 0 Å². The summed E-state index contributed by atoms with van der Waals surface area (Å²) in [5, 5.41) is 0. The fourth-order valence-corrected chi connectivity index (χ4v) is 3.48. The van der Waals surface area contributed by atoms with Crippen LogP contribution in [-0.4, -0.2) is 33.6 Å². The number of fused-ring (bicyclic) bond motifs is 1. The molecule has 0 aliphatic carbocycles. The summed E-state index contributed by atoms with van der Waals surface area (Å²) in [6.07, 6.45) is 4.06. The molecule has 0 spiro atoms. The molecule has 2 aromatic rings. The molecule has 2 heterocycles. The molecule has 0 bridgehead atoms. The minimum Gasteiger partial charge on any atom is -0.331 e. The Kier molecular flexibility index (Phi) is 3.94. The van der Waals surface area contributed by atoms with Crippen molar-refractivity contribution in [2.75, 3.05) is 13.1 Å². The van der Waals surface area contributed by atoms with Gasteiger partial charge in [0, 0.05) is 12.6 Å². The van der Waals surface area contributed by atoms with Crippen molar-refractivity contribution in [2.24, 2.45) is 0 Å². The summed E-state index contributed by atoms with van der Waals surface area (Å²) in [6.45, 7) is 7.87. The van der Waals surface area contributed by atoms with E-state index in [2.05, 4.69) is 46.5 Å². The monoisotopic (exact) mass is 289 g/mol. The lowest BCUT2D eigenvalue weighted by Crippen LogP contribution is -2.39. The van der Waals surface area contributed by atoms with E-state index in [0.717, 1.165) is 16.8 Å². The van der Waals surface area contributed by atoms with Crippen LogP contribution in [0.3, 0.4) is 0 Å². The van der Waals surface area contributed by atoms with E-state index in [1.54, 1.807) is 0 Å². The number of nitrogens with one attached hydrogen (secondary N) is 1. The van der Waals surface area contributed by atoms with Gasteiger partial charge in [-0.2, -0.15) is 0 Å². The molecular formula is C16H23N3S. The third-order valence-corrected chi connectivity index (χ3v) is 4.71. The Balaban J connectivity index is 1.86. The van der Waals surface area contributed by atoms with Crippen LogP contribution < -0.4 is 0 Å². The number of hydrogen-bond acceptors (Lipinski definition) is 2. The summed E-state index contributed by atoms with van der Waals surface area (Å²) < 4.78 is 3.10. The van der Waals surface area contributed by atoms with Crippen LogP contribution in [0.4, 0.5) is 0 Å². The molecule has 0 saturated carbocycles. The Morgan fingerprint density at radius 2 is 2.00 bits per heavy atom. The number of nitrogens with zero attached hydrogens (tertiary/aromatic N) is 2. The molecule has 1 saturated heterocycles. The zero-order valence-electron chi connectivity index (χ0n) is 12.4. The number of aromatic amines is 1. The number of hydrogen-bond donors (Lipinski definition) is 1. The summed E-state index contributed by atoms with van der Waals surface area (Å²) in [7, 11) is 0. The minimum absolute atomic E-state index is 0.544. The van der Waals surface area contributed by atoms with Gasteiger partial charge < -0.3 is 9.55 Å². The lowest BCUT2D eigenvalue weighted by Gasteiger charge is -2.32. The van der Waals surface area contributed by atoms with Crippen molar-refractivity contribution in [1.82, 2.24) is 14.5 Å². The van der Waals surface area contributed by atoms with Crippen molar-refractivity contribution in [3.05, 3.63) is 28.5 Å². The topological polar surface area (TPSA) is 24.0 Å². The van der Waals surface area contributed by atoms with Crippen molar-refractivity contribution in [2.45, 2.75) is 45.7 Å². The number of piperidine rings is 1. The highest BCUT2D eigenvalue weighted by Crippen LogP contribution is 2.19. The number of rotatable bonds is 3. The average molecular weight is 289 g/mol. The van der Waals surface area contributed by atoms with Gasteiger partial charge in [0.25, 0.3) is 0 Å². The van der Waals surface area contributed by atoms with Crippen LogP contribution in [0.5, 0.6) is 0 Å². The lowest BCUT2D eigenvalue weighted by atomic mass is 10.1. The molecule has 1 aromatic carbocycles. The SMILES string of the molecule is Cc1ccc2c(c1)[nH]c(=S)n2CC(C)N1CCCCC1. The van der Waals surface area contributed by atoms with E-state index in [1.165, 1.54) is 43.4 Å². The van der Waals surface area contributed by atoms with Gasteiger partial charge >= 0.3 is 0 Å².